The number of halogens is 3. The van der Waals surface area contributed by atoms with Gasteiger partial charge in [-0.05, 0) is 23.8 Å². The van der Waals surface area contributed by atoms with Crippen molar-refractivity contribution in [3.05, 3.63) is 72.1 Å². The first kappa shape index (κ1) is 18.5. The van der Waals surface area contributed by atoms with Gasteiger partial charge in [-0.15, -0.1) is 0 Å². The number of amides is 1. The number of alkyl halides is 3. The Bertz CT molecular complexity index is 1200. The van der Waals surface area contributed by atoms with Gasteiger partial charge >= 0.3 is 6.18 Å². The van der Waals surface area contributed by atoms with Crippen LogP contribution in [0.3, 0.4) is 0 Å². The number of aromatic nitrogens is 3. The second-order valence-corrected chi connectivity index (χ2v) is 6.30. The summed E-state index contributed by atoms with van der Waals surface area (Å²) in [6, 6.07) is 13.0. The van der Waals surface area contributed by atoms with Crippen molar-refractivity contribution < 1.29 is 18.0 Å². The van der Waals surface area contributed by atoms with Crippen LogP contribution in [0.15, 0.2) is 60.9 Å². The molecule has 2 heterocycles. The Morgan fingerprint density at radius 3 is 2.52 bits per heavy atom. The van der Waals surface area contributed by atoms with E-state index in [9.17, 15) is 18.0 Å². The highest BCUT2D eigenvalue weighted by Gasteiger charge is 2.37. The second-order valence-electron chi connectivity index (χ2n) is 6.30. The van der Waals surface area contributed by atoms with E-state index in [1.165, 1.54) is 12.1 Å². The smallest absolute Gasteiger partial charge is 0.365 e. The first-order valence-corrected chi connectivity index (χ1v) is 8.50. The van der Waals surface area contributed by atoms with Gasteiger partial charge in [-0.2, -0.15) is 18.3 Å². The van der Waals surface area contributed by atoms with E-state index in [2.05, 4.69) is 20.5 Å². The van der Waals surface area contributed by atoms with E-state index in [4.69, 9.17) is 5.73 Å². The summed E-state index contributed by atoms with van der Waals surface area (Å²) in [5.74, 6) is -1.09. The number of rotatable bonds is 4. The van der Waals surface area contributed by atoms with Gasteiger partial charge in [-0.25, -0.2) is 4.98 Å². The lowest BCUT2D eigenvalue weighted by molar-refractivity contribution is -0.137. The number of aromatic amines is 1. The molecule has 0 aliphatic rings. The average molecular weight is 397 g/mol. The Labute approximate surface area is 162 Å². The van der Waals surface area contributed by atoms with Crippen molar-refractivity contribution >= 4 is 28.3 Å². The molecule has 146 valence electrons. The number of carbonyl (C=O) groups excluding carboxylic acids is 1. The summed E-state index contributed by atoms with van der Waals surface area (Å²) in [4.78, 5) is 16.1. The molecule has 0 aliphatic heterocycles. The van der Waals surface area contributed by atoms with Gasteiger partial charge in [0, 0.05) is 22.8 Å². The van der Waals surface area contributed by atoms with E-state index in [1.807, 2.05) is 0 Å². The normalized spacial score (nSPS) is 11.6. The molecule has 6 nitrogen and oxygen atoms in total. The summed E-state index contributed by atoms with van der Waals surface area (Å²) < 4.78 is 41.0. The third-order valence-electron chi connectivity index (χ3n) is 4.40. The van der Waals surface area contributed by atoms with Crippen molar-refractivity contribution in [2.24, 2.45) is 5.73 Å². The maximum Gasteiger partial charge on any atom is 0.418 e. The molecule has 2 aromatic heterocycles. The van der Waals surface area contributed by atoms with E-state index >= 15 is 0 Å². The standard InChI is InChI=1S/C20H14F3N5O/c21-20(22,23)14-10-25-19(27-13-7-6-12-9-26-28-15(12)8-13)17(18(24)29)16(14)11-4-2-1-3-5-11/h1-10H,(H2,24,29)(H,25,27)(H,26,28). The van der Waals surface area contributed by atoms with Crippen molar-refractivity contribution in [2.75, 3.05) is 5.32 Å². The fraction of sp³-hybridized carbons (Fsp3) is 0.0500. The lowest BCUT2D eigenvalue weighted by atomic mass is 9.95. The van der Waals surface area contributed by atoms with Crippen LogP contribution in [0.2, 0.25) is 0 Å². The molecule has 0 spiro atoms. The second kappa shape index (κ2) is 6.93. The van der Waals surface area contributed by atoms with E-state index in [-0.39, 0.29) is 22.5 Å². The third-order valence-corrected chi connectivity index (χ3v) is 4.40. The van der Waals surface area contributed by atoms with E-state index < -0.39 is 17.6 Å². The fourth-order valence-corrected chi connectivity index (χ4v) is 3.12. The summed E-state index contributed by atoms with van der Waals surface area (Å²) in [7, 11) is 0. The maximum absolute atomic E-state index is 13.7. The van der Waals surface area contributed by atoms with Crippen LogP contribution >= 0.6 is 0 Å². The maximum atomic E-state index is 13.7. The van der Waals surface area contributed by atoms with Crippen molar-refractivity contribution in [2.45, 2.75) is 6.18 Å². The minimum atomic E-state index is -4.71. The molecule has 0 saturated heterocycles. The van der Waals surface area contributed by atoms with Gasteiger partial charge in [0.15, 0.2) is 0 Å². The molecular formula is C20H14F3N5O. The van der Waals surface area contributed by atoms with Gasteiger partial charge in [0.05, 0.1) is 22.8 Å². The largest absolute Gasteiger partial charge is 0.418 e. The van der Waals surface area contributed by atoms with Crippen LogP contribution in [-0.4, -0.2) is 21.1 Å². The highest BCUT2D eigenvalue weighted by Crippen LogP contribution is 2.41. The Morgan fingerprint density at radius 2 is 1.83 bits per heavy atom. The van der Waals surface area contributed by atoms with Gasteiger partial charge < -0.3 is 11.1 Å². The molecule has 0 fully saturated rings. The van der Waals surface area contributed by atoms with Gasteiger partial charge in [0.25, 0.3) is 5.91 Å². The molecule has 0 bridgehead atoms. The van der Waals surface area contributed by atoms with Crippen LogP contribution in [0.1, 0.15) is 15.9 Å². The molecule has 29 heavy (non-hydrogen) atoms. The van der Waals surface area contributed by atoms with E-state index in [0.717, 1.165) is 5.39 Å². The Hall–Kier alpha value is -3.88. The average Bonchev–Trinajstić information content (AvgIpc) is 3.15. The zero-order valence-electron chi connectivity index (χ0n) is 14.8. The summed E-state index contributed by atoms with van der Waals surface area (Å²) >= 11 is 0. The van der Waals surface area contributed by atoms with Crippen molar-refractivity contribution in [3.63, 3.8) is 0 Å². The monoisotopic (exact) mass is 397 g/mol. The highest BCUT2D eigenvalue weighted by molar-refractivity contribution is 6.05. The van der Waals surface area contributed by atoms with Crippen LogP contribution < -0.4 is 11.1 Å². The predicted molar refractivity (Wildman–Crippen MR) is 103 cm³/mol. The molecular weight excluding hydrogens is 383 g/mol. The fourth-order valence-electron chi connectivity index (χ4n) is 3.12. The SMILES string of the molecule is NC(=O)c1c(Nc2ccc3cn[nH]c3c2)ncc(C(F)(F)F)c1-c1ccccc1. The van der Waals surface area contributed by atoms with Crippen LogP contribution in [0, 0.1) is 0 Å². The number of hydrogen-bond acceptors (Lipinski definition) is 4. The number of primary amides is 1. The van der Waals surface area contributed by atoms with Crippen LogP contribution in [0.25, 0.3) is 22.0 Å². The Balaban J connectivity index is 1.91. The minimum Gasteiger partial charge on any atom is -0.365 e. The molecule has 4 aromatic rings. The molecule has 0 radical (unpaired) electrons. The number of benzene rings is 2. The van der Waals surface area contributed by atoms with Gasteiger partial charge in [0.2, 0.25) is 0 Å². The first-order chi connectivity index (χ1) is 13.8. The molecule has 2 aromatic carbocycles. The number of hydrogen-bond donors (Lipinski definition) is 3. The molecule has 0 aliphatic carbocycles. The zero-order valence-corrected chi connectivity index (χ0v) is 14.8. The number of fused-ring (bicyclic) bond motifs is 1. The number of anilines is 2. The number of nitrogens with one attached hydrogen (secondary N) is 2. The number of pyridine rings is 1. The van der Waals surface area contributed by atoms with Gasteiger partial charge in [0.1, 0.15) is 5.82 Å². The van der Waals surface area contributed by atoms with Crippen molar-refractivity contribution in [1.82, 2.24) is 15.2 Å². The van der Waals surface area contributed by atoms with E-state index in [0.29, 0.717) is 17.4 Å². The zero-order chi connectivity index (χ0) is 20.6. The molecule has 4 N–H and O–H groups in total. The topological polar surface area (TPSA) is 96.7 Å². The van der Waals surface area contributed by atoms with Crippen LogP contribution in [-0.2, 0) is 6.18 Å². The quantitative estimate of drug-likeness (QED) is 0.473. The van der Waals surface area contributed by atoms with Crippen LogP contribution in [0.4, 0.5) is 24.7 Å². The minimum absolute atomic E-state index is 0.0665. The number of nitrogens with zero attached hydrogens (tertiary/aromatic N) is 2. The molecule has 0 atom stereocenters. The van der Waals surface area contributed by atoms with Crippen molar-refractivity contribution in [3.8, 4) is 11.1 Å². The Kier molecular flexibility index (Phi) is 4.42. The van der Waals surface area contributed by atoms with Gasteiger partial charge in [-0.1, -0.05) is 30.3 Å². The van der Waals surface area contributed by atoms with Crippen molar-refractivity contribution in [1.29, 1.82) is 0 Å². The predicted octanol–water partition coefficient (Wildman–Crippen LogP) is 4.49. The van der Waals surface area contributed by atoms with Gasteiger partial charge in [-0.3, -0.25) is 9.89 Å². The van der Waals surface area contributed by atoms with E-state index in [1.54, 1.807) is 42.6 Å². The van der Waals surface area contributed by atoms with Crippen LogP contribution in [0.5, 0.6) is 0 Å². The summed E-state index contributed by atoms with van der Waals surface area (Å²) in [5.41, 5.74) is 5.24. The molecule has 4 rings (SSSR count). The lowest BCUT2D eigenvalue weighted by Gasteiger charge is -2.19. The molecule has 0 unspecified atom stereocenters. The molecule has 0 saturated carbocycles. The first-order valence-electron chi connectivity index (χ1n) is 8.50. The summed E-state index contributed by atoms with van der Waals surface area (Å²) in [5, 5.41) is 10.5. The third kappa shape index (κ3) is 3.49. The molecule has 1 amide bonds. The highest BCUT2D eigenvalue weighted by atomic mass is 19.4. The lowest BCUT2D eigenvalue weighted by Crippen LogP contribution is -2.19. The number of nitrogens with two attached hydrogens (primary N) is 1. The Morgan fingerprint density at radius 1 is 1.07 bits per heavy atom. The number of H-pyrrole nitrogens is 1. The summed E-state index contributed by atoms with van der Waals surface area (Å²) in [6.45, 7) is 0. The molecule has 9 heteroatoms. The number of carbonyl (C=O) groups is 1. The summed E-state index contributed by atoms with van der Waals surface area (Å²) in [6.07, 6.45) is -2.38.